The maximum atomic E-state index is 3.80. The second kappa shape index (κ2) is 4.09. The molecule has 0 heterocycles. The summed E-state index contributed by atoms with van der Waals surface area (Å²) in [5.41, 5.74) is 3.24. The van der Waals surface area contributed by atoms with E-state index in [1.54, 1.807) is 5.56 Å². The van der Waals surface area contributed by atoms with Gasteiger partial charge in [0, 0.05) is 5.54 Å². The summed E-state index contributed by atoms with van der Waals surface area (Å²) in [6.45, 7) is 2.23. The molecule has 0 unspecified atom stereocenters. The molecule has 4 aliphatic carbocycles. The first-order chi connectivity index (χ1) is 9.22. The van der Waals surface area contributed by atoms with E-state index in [1.165, 1.54) is 37.7 Å². The highest BCUT2D eigenvalue weighted by Gasteiger charge is 2.57. The summed E-state index contributed by atoms with van der Waals surface area (Å²) in [4.78, 5) is 0. The number of hydrogen-bond acceptors (Lipinski definition) is 1. The van der Waals surface area contributed by atoms with Crippen molar-refractivity contribution < 1.29 is 0 Å². The Hall–Kier alpha value is -0.820. The highest BCUT2D eigenvalue weighted by molar-refractivity contribution is 5.33. The lowest BCUT2D eigenvalue weighted by Gasteiger charge is -2.61. The fraction of sp³-hybridized carbons (Fsp3) is 0.667. The molecule has 1 aromatic rings. The monoisotopic (exact) mass is 255 g/mol. The predicted molar refractivity (Wildman–Crippen MR) is 79.0 cm³/mol. The molecule has 0 atom stereocenters. The Bertz CT molecular complexity index is 462. The minimum Gasteiger partial charge on any atom is -0.310 e. The maximum Gasteiger partial charge on any atom is 0.0489 e. The van der Waals surface area contributed by atoms with Gasteiger partial charge in [0.05, 0.1) is 0 Å². The summed E-state index contributed by atoms with van der Waals surface area (Å²) in [5, 5.41) is 3.80. The van der Waals surface area contributed by atoms with Gasteiger partial charge in [-0.3, -0.25) is 0 Å². The standard InChI is InChI=1S/C18H25N/c1-12-4-3-5-15(6-12)18(19-2)16-8-13-7-14(10-16)11-17(18)9-13/h3-6,13-14,16-17,19H,7-11H2,1-2H3. The summed E-state index contributed by atoms with van der Waals surface area (Å²) in [7, 11) is 2.20. The Labute approximate surface area is 116 Å². The molecular weight excluding hydrogens is 230 g/mol. The lowest BCUT2D eigenvalue weighted by Crippen LogP contribution is -2.61. The van der Waals surface area contributed by atoms with Crippen molar-refractivity contribution in [3.8, 4) is 0 Å². The number of rotatable bonds is 2. The maximum absolute atomic E-state index is 3.80. The van der Waals surface area contributed by atoms with Gasteiger partial charge in [-0.05, 0) is 75.3 Å². The van der Waals surface area contributed by atoms with E-state index in [1.807, 2.05) is 0 Å². The Morgan fingerprint density at radius 3 is 2.16 bits per heavy atom. The van der Waals surface area contributed by atoms with Gasteiger partial charge in [0.2, 0.25) is 0 Å². The molecule has 5 rings (SSSR count). The molecule has 4 aliphatic rings. The van der Waals surface area contributed by atoms with E-state index in [0.717, 1.165) is 23.7 Å². The molecule has 0 aromatic heterocycles. The predicted octanol–water partition coefficient (Wildman–Crippen LogP) is 3.87. The van der Waals surface area contributed by atoms with Crippen LogP contribution < -0.4 is 5.32 Å². The lowest BCUT2D eigenvalue weighted by molar-refractivity contribution is -0.0744. The first-order valence-corrected chi connectivity index (χ1v) is 7.98. The summed E-state index contributed by atoms with van der Waals surface area (Å²) >= 11 is 0. The number of benzene rings is 1. The third kappa shape index (κ3) is 1.57. The molecule has 4 saturated carbocycles. The summed E-state index contributed by atoms with van der Waals surface area (Å²) in [5.74, 6) is 3.81. The third-order valence-corrected chi connectivity index (χ3v) is 6.34. The molecular formula is C18H25N. The third-order valence-electron chi connectivity index (χ3n) is 6.34. The van der Waals surface area contributed by atoms with Gasteiger partial charge in [-0.2, -0.15) is 0 Å². The number of nitrogens with one attached hydrogen (secondary N) is 1. The fourth-order valence-electron chi connectivity index (χ4n) is 5.85. The van der Waals surface area contributed by atoms with Crippen LogP contribution in [-0.2, 0) is 5.54 Å². The second-order valence-electron chi connectivity index (χ2n) is 7.29. The molecule has 4 fully saturated rings. The van der Waals surface area contributed by atoms with Crippen LogP contribution in [0.1, 0.15) is 43.2 Å². The van der Waals surface area contributed by atoms with Gasteiger partial charge >= 0.3 is 0 Å². The molecule has 1 N–H and O–H groups in total. The zero-order valence-corrected chi connectivity index (χ0v) is 12.2. The van der Waals surface area contributed by atoms with E-state index < -0.39 is 0 Å². The first kappa shape index (κ1) is 12.0. The summed E-state index contributed by atoms with van der Waals surface area (Å²) < 4.78 is 0. The van der Waals surface area contributed by atoms with Crippen molar-refractivity contribution in [3.05, 3.63) is 35.4 Å². The lowest BCUT2D eigenvalue weighted by atomic mass is 9.47. The molecule has 19 heavy (non-hydrogen) atoms. The van der Waals surface area contributed by atoms with Crippen molar-refractivity contribution in [1.29, 1.82) is 0 Å². The molecule has 1 aromatic carbocycles. The van der Waals surface area contributed by atoms with Crippen molar-refractivity contribution in [1.82, 2.24) is 5.32 Å². The van der Waals surface area contributed by atoms with Crippen LogP contribution in [0.25, 0.3) is 0 Å². The second-order valence-corrected chi connectivity index (χ2v) is 7.29. The SMILES string of the molecule is CNC1(c2cccc(C)c2)C2CC3CC(C2)CC1C3. The van der Waals surface area contributed by atoms with E-state index in [-0.39, 0.29) is 5.54 Å². The minimum absolute atomic E-state index is 0.277. The summed E-state index contributed by atoms with van der Waals surface area (Å²) in [6.07, 6.45) is 7.37. The van der Waals surface area contributed by atoms with Gasteiger partial charge in [-0.15, -0.1) is 0 Å². The molecule has 0 aliphatic heterocycles. The Morgan fingerprint density at radius 1 is 1.00 bits per heavy atom. The van der Waals surface area contributed by atoms with Crippen LogP contribution in [0.2, 0.25) is 0 Å². The zero-order chi connectivity index (χ0) is 13.0. The zero-order valence-electron chi connectivity index (χ0n) is 12.2. The first-order valence-electron chi connectivity index (χ1n) is 7.98. The van der Waals surface area contributed by atoms with Crippen molar-refractivity contribution in [3.63, 3.8) is 0 Å². The van der Waals surface area contributed by atoms with E-state index in [9.17, 15) is 0 Å². The van der Waals surface area contributed by atoms with Gasteiger partial charge in [-0.25, -0.2) is 0 Å². The van der Waals surface area contributed by atoms with Crippen LogP contribution in [0.3, 0.4) is 0 Å². The van der Waals surface area contributed by atoms with Crippen molar-refractivity contribution in [2.24, 2.45) is 23.7 Å². The van der Waals surface area contributed by atoms with Crippen molar-refractivity contribution in [2.75, 3.05) is 7.05 Å². The Morgan fingerprint density at radius 2 is 1.63 bits per heavy atom. The van der Waals surface area contributed by atoms with Crippen LogP contribution in [0.15, 0.2) is 24.3 Å². The molecule has 0 amide bonds. The Kier molecular flexibility index (Phi) is 2.57. The average Bonchev–Trinajstić information content (AvgIpc) is 2.38. The highest BCUT2D eigenvalue weighted by atomic mass is 15.0. The quantitative estimate of drug-likeness (QED) is 0.846. The highest BCUT2D eigenvalue weighted by Crippen LogP contribution is 2.61. The van der Waals surface area contributed by atoms with Crippen LogP contribution in [-0.4, -0.2) is 7.05 Å². The Balaban J connectivity index is 1.81. The van der Waals surface area contributed by atoms with Crippen molar-refractivity contribution in [2.45, 2.75) is 44.6 Å². The van der Waals surface area contributed by atoms with Gasteiger partial charge in [0.1, 0.15) is 0 Å². The molecule has 0 radical (unpaired) electrons. The summed E-state index contributed by atoms with van der Waals surface area (Å²) in [6, 6.07) is 9.27. The van der Waals surface area contributed by atoms with Crippen LogP contribution in [0.4, 0.5) is 0 Å². The molecule has 102 valence electrons. The smallest absolute Gasteiger partial charge is 0.0489 e. The van der Waals surface area contributed by atoms with E-state index >= 15 is 0 Å². The van der Waals surface area contributed by atoms with E-state index in [0.29, 0.717) is 0 Å². The molecule has 1 heteroatoms. The van der Waals surface area contributed by atoms with Gasteiger partial charge in [0.15, 0.2) is 0 Å². The fourth-order valence-corrected chi connectivity index (χ4v) is 5.85. The van der Waals surface area contributed by atoms with Gasteiger partial charge < -0.3 is 5.32 Å². The molecule has 0 spiro atoms. The number of hydrogen-bond donors (Lipinski definition) is 1. The molecule has 4 bridgehead atoms. The van der Waals surface area contributed by atoms with E-state index in [4.69, 9.17) is 0 Å². The van der Waals surface area contributed by atoms with Crippen LogP contribution >= 0.6 is 0 Å². The largest absolute Gasteiger partial charge is 0.310 e. The van der Waals surface area contributed by atoms with Gasteiger partial charge in [0.25, 0.3) is 0 Å². The van der Waals surface area contributed by atoms with Crippen LogP contribution in [0.5, 0.6) is 0 Å². The topological polar surface area (TPSA) is 12.0 Å². The van der Waals surface area contributed by atoms with Crippen molar-refractivity contribution >= 4 is 0 Å². The van der Waals surface area contributed by atoms with E-state index in [2.05, 4.69) is 43.6 Å². The molecule has 0 saturated heterocycles. The number of aryl methyl sites for hydroxylation is 1. The van der Waals surface area contributed by atoms with Crippen LogP contribution in [0, 0.1) is 30.6 Å². The average molecular weight is 255 g/mol. The minimum atomic E-state index is 0.277. The molecule has 1 nitrogen and oxygen atoms in total. The van der Waals surface area contributed by atoms with Gasteiger partial charge in [-0.1, -0.05) is 29.8 Å². The normalized spacial score (nSPS) is 43.7.